The van der Waals surface area contributed by atoms with Gasteiger partial charge in [-0.2, -0.15) is 0 Å². The molecule has 0 bridgehead atoms. The molecule has 0 radical (unpaired) electrons. The minimum absolute atomic E-state index is 0.456. The third-order valence-electron chi connectivity index (χ3n) is 5.71. The second-order valence-corrected chi connectivity index (χ2v) is 9.03. The van der Waals surface area contributed by atoms with Crippen molar-refractivity contribution in [2.45, 2.75) is 70.8 Å². The molecule has 0 unspecified atom stereocenters. The van der Waals surface area contributed by atoms with Gasteiger partial charge in [0.25, 0.3) is 0 Å². The number of unbranched alkanes of at least 4 members (excludes halogenated alkanes) is 9. The number of methoxy groups -OCH3 is 1. The Balaban J connectivity index is 2.00. The van der Waals surface area contributed by atoms with E-state index < -0.39 is 0 Å². The van der Waals surface area contributed by atoms with Crippen molar-refractivity contribution in [1.82, 2.24) is 0 Å². The van der Waals surface area contributed by atoms with Crippen LogP contribution in [0, 0.1) is 131 Å². The van der Waals surface area contributed by atoms with E-state index in [1.165, 1.54) is 44.9 Å². The molecule has 46 heavy (non-hydrogen) atoms. The molecule has 0 atom stereocenters. The summed E-state index contributed by atoms with van der Waals surface area (Å²) in [6.45, 7) is 1.79. The number of ether oxygens (including phenoxy) is 3. The molecule has 0 saturated heterocycles. The van der Waals surface area contributed by atoms with Gasteiger partial charge in [0, 0.05) is 89.2 Å². The minimum Gasteiger partial charge on any atom is -0.496 e. The number of terminal acetylenes is 1. The fourth-order valence-electron chi connectivity index (χ4n) is 3.54. The third-order valence-corrected chi connectivity index (χ3v) is 5.71. The Hall–Kier alpha value is -6.26. The summed E-state index contributed by atoms with van der Waals surface area (Å²) in [5.74, 6) is 51.6. The van der Waals surface area contributed by atoms with Gasteiger partial charge in [-0.1, -0.05) is 57.4 Å². The monoisotopic (exact) mass is 601 g/mol. The molecule has 0 aliphatic heterocycles. The van der Waals surface area contributed by atoms with Crippen LogP contribution in [0.2, 0.25) is 0 Å². The predicted molar refractivity (Wildman–Crippen MR) is 185 cm³/mol. The van der Waals surface area contributed by atoms with Gasteiger partial charge in [-0.25, -0.2) is 0 Å². The molecule has 0 spiro atoms. The third kappa shape index (κ3) is 23.3. The molecule has 1 rings (SSSR count). The lowest BCUT2D eigenvalue weighted by atomic mass is 10.1. The topological polar surface area (TPSA) is 53.7 Å². The molecule has 0 amide bonds. The van der Waals surface area contributed by atoms with Gasteiger partial charge in [0.1, 0.15) is 24.2 Å². The van der Waals surface area contributed by atoms with Gasteiger partial charge in [-0.3, -0.25) is 0 Å². The van der Waals surface area contributed by atoms with Gasteiger partial charge in [-0.05, 0) is 66.3 Å². The highest BCUT2D eigenvalue weighted by Gasteiger charge is 2.03. The largest absolute Gasteiger partial charge is 0.496 e. The second kappa shape index (κ2) is 30.2. The van der Waals surface area contributed by atoms with Crippen molar-refractivity contribution in [3.05, 3.63) is 23.8 Å². The van der Waals surface area contributed by atoms with Crippen LogP contribution in [0.5, 0.6) is 11.5 Å². The molecular weight excluding hydrogens is 566 g/mol. The van der Waals surface area contributed by atoms with Gasteiger partial charge < -0.3 is 19.9 Å². The van der Waals surface area contributed by atoms with Gasteiger partial charge in [0.15, 0.2) is 0 Å². The van der Waals surface area contributed by atoms with Crippen molar-refractivity contribution in [1.29, 1.82) is 0 Å². The summed E-state index contributed by atoms with van der Waals surface area (Å²) >= 11 is 0. The Kier molecular flexibility index (Phi) is 24.8. The molecule has 0 aliphatic carbocycles. The quantitative estimate of drug-likeness (QED) is 0.212. The SMILES string of the molecule is C#CC#CC#CC#CC#CC#CC#CC#CC#CC#CC#COCCCCCCCCCCCCOc1ccc(CN)c(OC)c1. The lowest BCUT2D eigenvalue weighted by Gasteiger charge is -2.10. The van der Waals surface area contributed by atoms with Crippen LogP contribution in [0.1, 0.15) is 69.8 Å². The van der Waals surface area contributed by atoms with Crippen LogP contribution in [0.3, 0.4) is 0 Å². The number of rotatable bonds is 16. The second-order valence-electron chi connectivity index (χ2n) is 9.03. The Labute approximate surface area is 276 Å². The summed E-state index contributed by atoms with van der Waals surface area (Å²) < 4.78 is 16.5. The first-order valence-corrected chi connectivity index (χ1v) is 14.9. The maximum atomic E-state index is 5.84. The molecule has 1 aromatic carbocycles. The molecule has 1 aromatic rings. The van der Waals surface area contributed by atoms with Crippen LogP contribution in [0.15, 0.2) is 18.2 Å². The summed E-state index contributed by atoms with van der Waals surface area (Å²) in [5, 5.41) is 0. The molecule has 0 heterocycles. The summed E-state index contributed by atoms with van der Waals surface area (Å²) in [7, 11) is 1.65. The number of nitrogens with two attached hydrogens (primary N) is 1. The Morgan fingerprint density at radius 2 is 0.957 bits per heavy atom. The molecule has 4 nitrogen and oxygen atoms in total. The van der Waals surface area contributed by atoms with E-state index in [9.17, 15) is 0 Å². The average molecular weight is 602 g/mol. The lowest BCUT2D eigenvalue weighted by molar-refractivity contribution is 0.267. The highest BCUT2D eigenvalue weighted by atomic mass is 16.5. The van der Waals surface area contributed by atoms with Crippen molar-refractivity contribution in [2.24, 2.45) is 5.73 Å². The van der Waals surface area contributed by atoms with Gasteiger partial charge in [0.05, 0.1) is 13.7 Å². The smallest absolute Gasteiger partial charge is 0.127 e. The maximum Gasteiger partial charge on any atom is 0.127 e. The predicted octanol–water partition coefficient (Wildman–Crippen LogP) is 5.08. The van der Waals surface area contributed by atoms with Crippen LogP contribution in [-0.4, -0.2) is 20.3 Å². The average Bonchev–Trinajstić information content (AvgIpc) is 3.08. The van der Waals surface area contributed by atoms with E-state index in [1.54, 1.807) is 7.11 Å². The van der Waals surface area contributed by atoms with Crippen LogP contribution >= 0.6 is 0 Å². The van der Waals surface area contributed by atoms with Gasteiger partial charge in [-0.15, -0.1) is 6.42 Å². The van der Waals surface area contributed by atoms with Gasteiger partial charge >= 0.3 is 0 Å². The highest BCUT2D eigenvalue weighted by Crippen LogP contribution is 2.24. The van der Waals surface area contributed by atoms with E-state index >= 15 is 0 Å². The first-order chi connectivity index (χ1) is 22.8. The first-order valence-electron chi connectivity index (χ1n) is 14.9. The fourth-order valence-corrected chi connectivity index (χ4v) is 3.54. The van der Waals surface area contributed by atoms with Crippen molar-refractivity contribution in [3.63, 3.8) is 0 Å². The fraction of sp³-hybridized carbons (Fsp3) is 0.333. The zero-order valence-corrected chi connectivity index (χ0v) is 26.3. The van der Waals surface area contributed by atoms with E-state index in [0.717, 1.165) is 42.9 Å². The van der Waals surface area contributed by atoms with Crippen molar-refractivity contribution < 1.29 is 14.2 Å². The zero-order valence-electron chi connectivity index (χ0n) is 26.3. The first kappa shape index (κ1) is 37.8. The number of hydrogen-bond acceptors (Lipinski definition) is 4. The lowest BCUT2D eigenvalue weighted by Crippen LogP contribution is -2.02. The van der Waals surface area contributed by atoms with Crippen LogP contribution in [0.25, 0.3) is 0 Å². The summed E-state index contributed by atoms with van der Waals surface area (Å²) in [4.78, 5) is 0. The van der Waals surface area contributed by atoms with E-state index in [2.05, 4.69) is 125 Å². The molecule has 0 aromatic heterocycles. The summed E-state index contributed by atoms with van der Waals surface area (Å²) in [6, 6.07) is 5.82. The Morgan fingerprint density at radius 3 is 1.39 bits per heavy atom. The van der Waals surface area contributed by atoms with E-state index in [-0.39, 0.29) is 0 Å². The van der Waals surface area contributed by atoms with E-state index in [0.29, 0.717) is 13.2 Å². The summed E-state index contributed by atoms with van der Waals surface area (Å²) in [5.41, 5.74) is 6.69. The molecule has 4 heteroatoms. The van der Waals surface area contributed by atoms with Crippen LogP contribution in [0.4, 0.5) is 0 Å². The Bertz CT molecular complexity index is 1790. The zero-order chi connectivity index (χ0) is 33.0. The van der Waals surface area contributed by atoms with Crippen LogP contribution < -0.4 is 15.2 Å². The van der Waals surface area contributed by atoms with Gasteiger partial charge in [0.2, 0.25) is 0 Å². The molecule has 2 N–H and O–H groups in total. The molecule has 0 aliphatic rings. The molecule has 0 fully saturated rings. The minimum atomic E-state index is 0.456. The van der Waals surface area contributed by atoms with E-state index in [4.69, 9.17) is 26.4 Å². The van der Waals surface area contributed by atoms with Crippen LogP contribution in [-0.2, 0) is 11.3 Å². The standard InChI is InChI=1S/C42H35NO3/c1-3-4-5-6-7-8-9-10-11-12-13-14-15-16-17-18-21-24-27-30-35-45-36-31-28-25-22-19-20-23-26-29-32-37-46-41-34-33-40(39-43)42(38-41)44-2/h1,33-34,38H,19-20,22-23,25-26,28-29,31-32,36-37,39,43H2,2H3. The molecule has 0 saturated carbocycles. The number of benzene rings is 1. The summed E-state index contributed by atoms with van der Waals surface area (Å²) in [6.07, 6.45) is 19.5. The number of hydrogen-bond donors (Lipinski definition) is 1. The maximum absolute atomic E-state index is 5.84. The Morgan fingerprint density at radius 1 is 0.543 bits per heavy atom. The van der Waals surface area contributed by atoms with Crippen molar-refractivity contribution in [3.8, 4) is 142 Å². The molecular formula is C42H35NO3. The van der Waals surface area contributed by atoms with Crippen molar-refractivity contribution in [2.75, 3.05) is 20.3 Å². The normalized spacial score (nSPS) is 7.59. The van der Waals surface area contributed by atoms with Crippen molar-refractivity contribution >= 4 is 0 Å². The van der Waals surface area contributed by atoms with E-state index in [1.807, 2.05) is 18.2 Å². The highest BCUT2D eigenvalue weighted by molar-refractivity contribution is 5.47. The molecule has 226 valence electrons.